The van der Waals surface area contributed by atoms with E-state index in [4.69, 9.17) is 4.42 Å². The van der Waals surface area contributed by atoms with Crippen LogP contribution >= 0.6 is 0 Å². The van der Waals surface area contributed by atoms with Crippen molar-refractivity contribution in [3.05, 3.63) is 169 Å². The van der Waals surface area contributed by atoms with Crippen LogP contribution in [0, 0.1) is 0 Å². The van der Waals surface area contributed by atoms with Gasteiger partial charge in [0.05, 0.1) is 0 Å². The van der Waals surface area contributed by atoms with Gasteiger partial charge in [0.15, 0.2) is 0 Å². The molecule has 0 radical (unpaired) electrons. The molecule has 10 aromatic rings. The van der Waals surface area contributed by atoms with Crippen LogP contribution in [0.1, 0.15) is 25.3 Å². The van der Waals surface area contributed by atoms with Gasteiger partial charge < -0.3 is 4.42 Å². The number of hydrogen-bond acceptors (Lipinski definition) is 1. The molecule has 0 amide bonds. The van der Waals surface area contributed by atoms with Crippen LogP contribution in [0.2, 0.25) is 0 Å². The van der Waals surface area contributed by atoms with Gasteiger partial charge in [-0.15, -0.1) is 0 Å². The van der Waals surface area contributed by atoms with E-state index in [-0.39, 0.29) is 0 Å². The summed E-state index contributed by atoms with van der Waals surface area (Å²) in [6, 6.07) is 59.8. The lowest BCUT2D eigenvalue weighted by Crippen LogP contribution is -1.94. The molecule has 51 heavy (non-hydrogen) atoms. The monoisotopic (exact) mass is 652 g/mol. The summed E-state index contributed by atoms with van der Waals surface area (Å²) >= 11 is 0. The first-order valence-electron chi connectivity index (χ1n) is 18.2. The molecule has 10 rings (SSSR count). The molecule has 0 saturated carbocycles. The van der Waals surface area contributed by atoms with Crippen molar-refractivity contribution in [3.8, 4) is 33.4 Å². The minimum Gasteiger partial charge on any atom is -0.455 e. The number of furan rings is 1. The van der Waals surface area contributed by atoms with Gasteiger partial charge in [-0.05, 0) is 95.9 Å². The summed E-state index contributed by atoms with van der Waals surface area (Å²) in [6.07, 6.45) is 3.44. The van der Waals surface area contributed by atoms with Crippen LogP contribution < -0.4 is 0 Å². The van der Waals surface area contributed by atoms with Crippen LogP contribution in [0.5, 0.6) is 0 Å². The second-order valence-corrected chi connectivity index (χ2v) is 13.8. The van der Waals surface area contributed by atoms with E-state index in [1.165, 1.54) is 89.3 Å². The molecular weight excluding hydrogens is 617 g/mol. The molecule has 1 heteroatoms. The lowest BCUT2D eigenvalue weighted by molar-refractivity contribution is 0.670. The molecule has 0 spiro atoms. The molecule has 0 aliphatic carbocycles. The Hall–Kier alpha value is -6.18. The third kappa shape index (κ3) is 4.62. The third-order valence-corrected chi connectivity index (χ3v) is 10.9. The lowest BCUT2D eigenvalue weighted by Gasteiger charge is -2.17. The Morgan fingerprint density at radius 1 is 0.392 bits per heavy atom. The van der Waals surface area contributed by atoms with Gasteiger partial charge in [0.25, 0.3) is 0 Å². The van der Waals surface area contributed by atoms with Gasteiger partial charge in [-0.2, -0.15) is 0 Å². The molecular formula is C50H36O. The second kappa shape index (κ2) is 12.0. The smallest absolute Gasteiger partial charge is 0.143 e. The molecule has 0 N–H and O–H groups in total. The molecule has 1 nitrogen and oxygen atoms in total. The molecule has 1 aromatic heterocycles. The predicted octanol–water partition coefficient (Wildman–Crippen LogP) is 14.5. The van der Waals surface area contributed by atoms with E-state index in [0.717, 1.165) is 33.9 Å². The van der Waals surface area contributed by atoms with Crippen molar-refractivity contribution in [2.45, 2.75) is 26.2 Å². The van der Waals surface area contributed by atoms with Crippen molar-refractivity contribution in [1.29, 1.82) is 0 Å². The molecule has 0 unspecified atom stereocenters. The highest BCUT2D eigenvalue weighted by molar-refractivity contribution is 6.24. The molecule has 9 aromatic carbocycles. The van der Waals surface area contributed by atoms with Crippen molar-refractivity contribution >= 4 is 65.0 Å². The van der Waals surface area contributed by atoms with E-state index in [1.807, 2.05) is 0 Å². The first-order chi connectivity index (χ1) is 25.3. The van der Waals surface area contributed by atoms with Crippen LogP contribution in [0.4, 0.5) is 0 Å². The summed E-state index contributed by atoms with van der Waals surface area (Å²) < 4.78 is 7.01. The van der Waals surface area contributed by atoms with E-state index >= 15 is 0 Å². The second-order valence-electron chi connectivity index (χ2n) is 13.8. The fraction of sp³-hybridized carbons (Fsp3) is 0.0800. The Balaban J connectivity index is 1.23. The van der Waals surface area contributed by atoms with Crippen molar-refractivity contribution in [2.24, 2.45) is 0 Å². The van der Waals surface area contributed by atoms with Gasteiger partial charge in [0, 0.05) is 21.9 Å². The lowest BCUT2D eigenvalue weighted by atomic mass is 9.85. The summed E-state index contributed by atoms with van der Waals surface area (Å²) in [6.45, 7) is 2.28. The first-order valence-corrected chi connectivity index (χ1v) is 18.2. The van der Waals surface area contributed by atoms with Gasteiger partial charge in [-0.3, -0.25) is 0 Å². The minimum absolute atomic E-state index is 0.910. The summed E-state index contributed by atoms with van der Waals surface area (Å²) in [4.78, 5) is 0. The largest absolute Gasteiger partial charge is 0.455 e. The average molecular weight is 653 g/mol. The van der Waals surface area contributed by atoms with E-state index in [9.17, 15) is 0 Å². The predicted molar refractivity (Wildman–Crippen MR) is 219 cm³/mol. The van der Waals surface area contributed by atoms with Gasteiger partial charge in [0.2, 0.25) is 0 Å². The number of unbranched alkanes of at least 4 members (excludes halogenated alkanes) is 1. The molecule has 0 aliphatic rings. The maximum Gasteiger partial charge on any atom is 0.143 e. The SMILES string of the molecule is CCCCc1c2ccccc2c(-c2ccc3c(c2)oc2c(-c4c5ccccc5c(-c5ccccc5)c5ccccc45)cccc23)c2ccccc12. The van der Waals surface area contributed by atoms with Crippen LogP contribution in [-0.4, -0.2) is 0 Å². The van der Waals surface area contributed by atoms with Gasteiger partial charge in [0.1, 0.15) is 11.2 Å². The van der Waals surface area contributed by atoms with E-state index < -0.39 is 0 Å². The molecule has 0 aliphatic heterocycles. The summed E-state index contributed by atoms with van der Waals surface area (Å²) in [7, 11) is 0. The van der Waals surface area contributed by atoms with E-state index in [1.54, 1.807) is 0 Å². The van der Waals surface area contributed by atoms with E-state index in [0.29, 0.717) is 0 Å². The van der Waals surface area contributed by atoms with Crippen LogP contribution in [0.15, 0.2) is 168 Å². The Morgan fingerprint density at radius 2 is 0.882 bits per heavy atom. The highest BCUT2D eigenvalue weighted by Gasteiger charge is 2.21. The van der Waals surface area contributed by atoms with Gasteiger partial charge >= 0.3 is 0 Å². The number of aryl methyl sites for hydroxylation is 1. The zero-order chi connectivity index (χ0) is 33.9. The Labute approximate surface area is 297 Å². The number of rotatable bonds is 6. The number of fused-ring (bicyclic) bond motifs is 7. The standard InChI is InChI=1S/C50H36O/c1-2-3-18-34-35-19-7-9-21-38(35)48(39-22-10-8-20-36(34)39)33-29-30-37-44-27-15-28-45(50(44)51-46(37)31-33)49-42-25-13-11-23-40(42)47(32-16-5-4-6-17-32)41-24-12-14-26-43(41)49/h4-17,19-31H,2-3,18H2,1H3. The van der Waals surface area contributed by atoms with Crippen LogP contribution in [0.25, 0.3) is 98.4 Å². The fourth-order valence-electron chi connectivity index (χ4n) is 8.64. The van der Waals surface area contributed by atoms with Crippen LogP contribution in [0.3, 0.4) is 0 Å². The molecule has 1 heterocycles. The topological polar surface area (TPSA) is 13.1 Å². The molecule has 242 valence electrons. The van der Waals surface area contributed by atoms with Crippen molar-refractivity contribution < 1.29 is 4.42 Å². The first kappa shape index (κ1) is 29.7. The van der Waals surface area contributed by atoms with Crippen molar-refractivity contribution in [3.63, 3.8) is 0 Å². The highest BCUT2D eigenvalue weighted by atomic mass is 16.3. The Kier molecular flexibility index (Phi) is 6.99. The summed E-state index contributed by atoms with van der Waals surface area (Å²) in [5.41, 5.74) is 10.6. The summed E-state index contributed by atoms with van der Waals surface area (Å²) in [5.74, 6) is 0. The maximum atomic E-state index is 7.01. The van der Waals surface area contributed by atoms with E-state index in [2.05, 4.69) is 171 Å². The van der Waals surface area contributed by atoms with Gasteiger partial charge in [-0.1, -0.05) is 165 Å². The highest BCUT2D eigenvalue weighted by Crippen LogP contribution is 2.47. The molecule has 0 saturated heterocycles. The number of hydrogen-bond donors (Lipinski definition) is 0. The van der Waals surface area contributed by atoms with Crippen molar-refractivity contribution in [2.75, 3.05) is 0 Å². The maximum absolute atomic E-state index is 7.01. The normalized spacial score (nSPS) is 11.9. The fourth-order valence-corrected chi connectivity index (χ4v) is 8.64. The third-order valence-electron chi connectivity index (χ3n) is 10.9. The number of para-hydroxylation sites is 1. The summed E-state index contributed by atoms with van der Waals surface area (Å²) in [5, 5.41) is 12.5. The zero-order valence-corrected chi connectivity index (χ0v) is 28.6. The van der Waals surface area contributed by atoms with Crippen LogP contribution in [-0.2, 0) is 6.42 Å². The molecule has 0 bridgehead atoms. The quantitative estimate of drug-likeness (QED) is 0.163. The van der Waals surface area contributed by atoms with Gasteiger partial charge in [-0.25, -0.2) is 0 Å². The molecule has 0 atom stereocenters. The van der Waals surface area contributed by atoms with Crippen molar-refractivity contribution in [1.82, 2.24) is 0 Å². The number of benzene rings is 9. The Morgan fingerprint density at radius 3 is 1.47 bits per heavy atom. The average Bonchev–Trinajstić information content (AvgIpc) is 3.57. The Bertz CT molecular complexity index is 2830. The zero-order valence-electron chi connectivity index (χ0n) is 28.6. The molecule has 0 fully saturated rings. The minimum atomic E-state index is 0.910.